The molecule has 0 aromatic carbocycles. The standard InChI is InChI=1S/2CH3NS2.2K/c2*2-1(3)4;;/h2*(H3,2,3,4);;/q;;2*+1/p-2. The van der Waals surface area contributed by atoms with Crippen molar-refractivity contribution in [3.8, 4) is 0 Å². The molecule has 4 N–H and O–H groups in total. The van der Waals surface area contributed by atoms with Gasteiger partial charge in [-0.05, 0) is 0 Å². The molecule has 0 bridgehead atoms. The van der Waals surface area contributed by atoms with Gasteiger partial charge in [0.25, 0.3) is 0 Å². The zero-order valence-corrected chi connectivity index (χ0v) is 15.3. The Morgan fingerprint density at radius 2 is 0.900 bits per heavy atom. The molecule has 0 spiro atoms. The molecule has 0 saturated carbocycles. The minimum absolute atomic E-state index is 0. The fraction of sp³-hybridized carbons (Fsp3) is 0. The summed E-state index contributed by atoms with van der Waals surface area (Å²) in [6.45, 7) is 0. The van der Waals surface area contributed by atoms with E-state index in [2.05, 4.69) is 61.2 Å². The molecule has 0 aromatic heterocycles. The molecule has 0 aliphatic rings. The summed E-state index contributed by atoms with van der Waals surface area (Å²) >= 11 is 16.5. The van der Waals surface area contributed by atoms with Gasteiger partial charge >= 0.3 is 103 Å². The van der Waals surface area contributed by atoms with E-state index in [0.29, 0.717) is 0 Å². The summed E-state index contributed by atoms with van der Waals surface area (Å²) in [6.07, 6.45) is 0. The van der Waals surface area contributed by atoms with Gasteiger partial charge in [-0.15, -0.1) is 0 Å². The fourth-order valence-electron chi connectivity index (χ4n) is 0. The van der Waals surface area contributed by atoms with Crippen LogP contribution in [0.3, 0.4) is 0 Å². The summed E-state index contributed by atoms with van der Waals surface area (Å²) in [4.78, 5) is 0. The second-order valence-electron chi connectivity index (χ2n) is 0.638. The molecule has 0 saturated heterocycles. The normalized spacial score (nSPS) is 4.80. The third-order valence-corrected chi connectivity index (χ3v) is 0. The molecule has 0 aromatic rings. The molecule has 8 heteroatoms. The Hall–Kier alpha value is 3.49. The monoisotopic (exact) mass is 262 g/mol. The van der Waals surface area contributed by atoms with E-state index in [-0.39, 0.29) is 111 Å². The maximum Gasteiger partial charge on any atom is 1.00 e. The maximum absolute atomic E-state index is 4.66. The minimum atomic E-state index is 0. The van der Waals surface area contributed by atoms with E-state index in [1.165, 1.54) is 0 Å². The first-order chi connectivity index (χ1) is 3.46. The smallest absolute Gasteiger partial charge is 0.415 e. The van der Waals surface area contributed by atoms with Crippen LogP contribution in [-0.2, 0) is 25.3 Å². The molecule has 0 heterocycles. The Kier molecular flexibility index (Phi) is 42.8. The van der Waals surface area contributed by atoms with Gasteiger partial charge in [-0.2, -0.15) is 0 Å². The van der Waals surface area contributed by atoms with Crippen LogP contribution < -0.4 is 114 Å². The first-order valence-corrected chi connectivity index (χ1v) is 3.03. The molecule has 0 fully saturated rings. The Morgan fingerprint density at radius 1 is 0.900 bits per heavy atom. The van der Waals surface area contributed by atoms with Gasteiger partial charge in [0.2, 0.25) is 0 Å². The molecular weight excluding hydrogens is 258 g/mol. The van der Waals surface area contributed by atoms with Crippen LogP contribution in [0.25, 0.3) is 0 Å². The Morgan fingerprint density at radius 3 is 0.900 bits per heavy atom. The average molecular weight is 263 g/mol. The van der Waals surface area contributed by atoms with Gasteiger partial charge in [-0.3, -0.25) is 0 Å². The van der Waals surface area contributed by atoms with Crippen LogP contribution in [-0.4, -0.2) is 8.64 Å². The van der Waals surface area contributed by atoms with Gasteiger partial charge in [0.15, 0.2) is 0 Å². The minimum Gasteiger partial charge on any atom is -0.415 e. The Labute approximate surface area is 168 Å². The van der Waals surface area contributed by atoms with E-state index in [0.717, 1.165) is 0 Å². The molecule has 0 aliphatic heterocycles. The van der Waals surface area contributed by atoms with Gasteiger partial charge in [0.05, 0.1) is 0 Å². The van der Waals surface area contributed by atoms with E-state index in [9.17, 15) is 0 Å². The number of hydrogen-bond acceptors (Lipinski definition) is 4. The molecule has 0 atom stereocenters. The van der Waals surface area contributed by atoms with Crippen molar-refractivity contribution in [1.29, 1.82) is 0 Å². The predicted octanol–water partition coefficient (Wildman–Crippen LogP) is -6.44. The fourth-order valence-corrected chi connectivity index (χ4v) is 0. The van der Waals surface area contributed by atoms with Gasteiger partial charge in [-0.1, -0.05) is 8.64 Å². The molecular formula is C2H4K2N2S4. The quantitative estimate of drug-likeness (QED) is 0.257. The maximum atomic E-state index is 4.66. The van der Waals surface area contributed by atoms with Gasteiger partial charge in [-0.25, -0.2) is 0 Å². The van der Waals surface area contributed by atoms with E-state index >= 15 is 0 Å². The van der Waals surface area contributed by atoms with Crippen LogP contribution in [0.5, 0.6) is 0 Å². The van der Waals surface area contributed by atoms with Crippen LogP contribution in [0.4, 0.5) is 0 Å². The van der Waals surface area contributed by atoms with Crippen LogP contribution in [0, 0.1) is 0 Å². The second kappa shape index (κ2) is 18.3. The summed E-state index contributed by atoms with van der Waals surface area (Å²) in [5, 5.41) is 0. The molecule has 2 nitrogen and oxygen atoms in total. The van der Waals surface area contributed by atoms with E-state index in [4.69, 9.17) is 0 Å². The summed E-state index contributed by atoms with van der Waals surface area (Å²) in [7, 11) is 0. The van der Waals surface area contributed by atoms with E-state index in [1.54, 1.807) is 0 Å². The number of hydrogen-bond donors (Lipinski definition) is 2. The zero-order chi connectivity index (χ0) is 7.15. The van der Waals surface area contributed by atoms with Crippen molar-refractivity contribution in [1.82, 2.24) is 0 Å². The van der Waals surface area contributed by atoms with Crippen molar-refractivity contribution < 1.29 is 103 Å². The largest absolute Gasteiger partial charge is 1.00 e. The number of thiocarbonyl (C=S) groups is 2. The van der Waals surface area contributed by atoms with Gasteiger partial charge in [0, 0.05) is 0 Å². The van der Waals surface area contributed by atoms with Crippen molar-refractivity contribution in [3.63, 3.8) is 0 Å². The molecule has 0 radical (unpaired) electrons. The van der Waals surface area contributed by atoms with Crippen molar-refractivity contribution in [2.75, 3.05) is 0 Å². The third-order valence-electron chi connectivity index (χ3n) is 0. The summed E-state index contributed by atoms with van der Waals surface area (Å²) in [6, 6.07) is 0. The zero-order valence-electron chi connectivity index (χ0n) is 5.79. The number of rotatable bonds is 0. The van der Waals surface area contributed by atoms with Gasteiger partial charge < -0.3 is 61.2 Å². The first kappa shape index (κ1) is 23.4. The van der Waals surface area contributed by atoms with Crippen LogP contribution in [0.1, 0.15) is 0 Å². The Bertz CT molecular complexity index is 77.3. The summed E-state index contributed by atoms with van der Waals surface area (Å²) in [5.41, 5.74) is 9.31. The van der Waals surface area contributed by atoms with Crippen LogP contribution >= 0.6 is 24.4 Å². The van der Waals surface area contributed by atoms with Crippen LogP contribution in [0.15, 0.2) is 0 Å². The molecule has 48 valence electrons. The SMILES string of the molecule is NC(=S)[S-].NC(=S)[S-].[K+].[K+]. The van der Waals surface area contributed by atoms with Crippen LogP contribution in [0.2, 0.25) is 0 Å². The summed E-state index contributed by atoms with van der Waals surface area (Å²) in [5.74, 6) is 0. The predicted molar refractivity (Wildman–Crippen MR) is 48.3 cm³/mol. The second-order valence-corrected chi connectivity index (χ2v) is 2.91. The van der Waals surface area contributed by atoms with Crippen molar-refractivity contribution in [2.24, 2.45) is 11.5 Å². The Balaban J connectivity index is -0.0000000300. The molecule has 0 amide bonds. The van der Waals surface area contributed by atoms with Crippen molar-refractivity contribution >= 4 is 58.3 Å². The number of nitrogens with two attached hydrogens (primary N) is 2. The molecule has 0 rings (SSSR count). The topological polar surface area (TPSA) is 52.0 Å². The van der Waals surface area contributed by atoms with Crippen molar-refractivity contribution in [2.45, 2.75) is 0 Å². The van der Waals surface area contributed by atoms with E-state index in [1.807, 2.05) is 0 Å². The van der Waals surface area contributed by atoms with E-state index < -0.39 is 0 Å². The molecule has 10 heavy (non-hydrogen) atoms. The molecule has 0 aliphatic carbocycles. The third kappa shape index (κ3) is 104. The van der Waals surface area contributed by atoms with Gasteiger partial charge in [0.1, 0.15) is 0 Å². The summed E-state index contributed by atoms with van der Waals surface area (Å²) < 4.78 is 0.167. The first-order valence-electron chi connectivity index (χ1n) is 1.39. The molecule has 0 unspecified atom stereocenters. The average Bonchev–Trinajstić information content (AvgIpc) is 1.25. The van der Waals surface area contributed by atoms with Crippen molar-refractivity contribution in [3.05, 3.63) is 0 Å².